The molecule has 1 aliphatic rings. The van der Waals surface area contributed by atoms with Crippen molar-refractivity contribution < 1.29 is 14.7 Å². The number of carbonyl (C=O) groups excluding carboxylic acids is 1. The van der Waals surface area contributed by atoms with E-state index in [1.807, 2.05) is 0 Å². The molecule has 0 aromatic rings. The van der Waals surface area contributed by atoms with Gasteiger partial charge in [-0.2, -0.15) is 0 Å². The Bertz CT molecular complexity index is 186. The number of hydrogen-bond donors (Lipinski definition) is 2. The van der Waals surface area contributed by atoms with Gasteiger partial charge in [0, 0.05) is 6.92 Å². The van der Waals surface area contributed by atoms with E-state index in [4.69, 9.17) is 5.11 Å². The predicted molar refractivity (Wildman–Crippen MR) is 38.0 cm³/mol. The standard InChI is InChI=1S/C7H11NO3/c1-4(9)8-6(7(10)11)5-2-3-5/h5-6H,2-3H2,1H3,(H,8,9)(H,10,11)/t6-/m0/s1. The zero-order chi connectivity index (χ0) is 8.43. The van der Waals surface area contributed by atoms with Crippen molar-refractivity contribution in [1.82, 2.24) is 5.32 Å². The third-order valence-corrected chi connectivity index (χ3v) is 1.72. The molecule has 0 aliphatic heterocycles. The Morgan fingerprint density at radius 1 is 1.55 bits per heavy atom. The fourth-order valence-electron chi connectivity index (χ4n) is 1.03. The zero-order valence-corrected chi connectivity index (χ0v) is 6.33. The van der Waals surface area contributed by atoms with Gasteiger partial charge in [0.1, 0.15) is 6.04 Å². The second kappa shape index (κ2) is 2.90. The molecule has 62 valence electrons. The molecule has 0 heterocycles. The van der Waals surface area contributed by atoms with Crippen molar-refractivity contribution in [2.45, 2.75) is 25.8 Å². The van der Waals surface area contributed by atoms with Gasteiger partial charge < -0.3 is 10.4 Å². The number of carboxylic acids is 1. The van der Waals surface area contributed by atoms with Crippen molar-refractivity contribution in [3.63, 3.8) is 0 Å². The Balaban J connectivity index is 2.45. The minimum absolute atomic E-state index is 0.163. The lowest BCUT2D eigenvalue weighted by Gasteiger charge is -2.10. The van der Waals surface area contributed by atoms with Crippen LogP contribution < -0.4 is 5.32 Å². The summed E-state index contributed by atoms with van der Waals surface area (Å²) in [7, 11) is 0. The maximum absolute atomic E-state index is 10.5. The number of amides is 1. The van der Waals surface area contributed by atoms with Crippen LogP contribution in [0.4, 0.5) is 0 Å². The smallest absolute Gasteiger partial charge is 0.326 e. The Morgan fingerprint density at radius 3 is 2.36 bits per heavy atom. The summed E-state index contributed by atoms with van der Waals surface area (Å²) >= 11 is 0. The lowest BCUT2D eigenvalue weighted by molar-refractivity contribution is -0.142. The molecule has 1 rings (SSSR count). The average Bonchev–Trinajstić information content (AvgIpc) is 2.63. The van der Waals surface area contributed by atoms with Crippen LogP contribution in [0.1, 0.15) is 19.8 Å². The fraction of sp³-hybridized carbons (Fsp3) is 0.714. The Hall–Kier alpha value is -1.06. The van der Waals surface area contributed by atoms with Crippen molar-refractivity contribution in [1.29, 1.82) is 0 Å². The van der Waals surface area contributed by atoms with Gasteiger partial charge in [-0.15, -0.1) is 0 Å². The van der Waals surface area contributed by atoms with E-state index in [2.05, 4.69) is 5.32 Å². The molecular formula is C7H11NO3. The van der Waals surface area contributed by atoms with E-state index in [9.17, 15) is 9.59 Å². The molecular weight excluding hydrogens is 146 g/mol. The summed E-state index contributed by atoms with van der Waals surface area (Å²) in [4.78, 5) is 21.0. The molecule has 1 fully saturated rings. The van der Waals surface area contributed by atoms with Gasteiger partial charge in [-0.05, 0) is 18.8 Å². The average molecular weight is 157 g/mol. The quantitative estimate of drug-likeness (QED) is 0.605. The van der Waals surface area contributed by atoms with Gasteiger partial charge >= 0.3 is 5.97 Å². The van der Waals surface area contributed by atoms with E-state index in [0.29, 0.717) is 0 Å². The highest BCUT2D eigenvalue weighted by molar-refractivity contribution is 5.82. The monoisotopic (exact) mass is 157 g/mol. The molecule has 4 nitrogen and oxygen atoms in total. The largest absolute Gasteiger partial charge is 0.480 e. The molecule has 0 aromatic heterocycles. The lowest BCUT2D eigenvalue weighted by Crippen LogP contribution is -2.41. The molecule has 1 atom stereocenters. The maximum Gasteiger partial charge on any atom is 0.326 e. The molecule has 1 amide bonds. The Labute approximate surface area is 64.6 Å². The molecule has 0 unspecified atom stereocenters. The van der Waals surface area contributed by atoms with Crippen LogP contribution >= 0.6 is 0 Å². The van der Waals surface area contributed by atoms with Crippen molar-refractivity contribution >= 4 is 11.9 Å². The topological polar surface area (TPSA) is 66.4 Å². The lowest BCUT2D eigenvalue weighted by atomic mass is 10.2. The number of nitrogens with one attached hydrogen (secondary N) is 1. The van der Waals surface area contributed by atoms with Gasteiger partial charge in [-0.3, -0.25) is 4.79 Å². The van der Waals surface area contributed by atoms with Crippen LogP contribution in [0.2, 0.25) is 0 Å². The third kappa shape index (κ3) is 2.22. The van der Waals surface area contributed by atoms with E-state index in [1.54, 1.807) is 0 Å². The van der Waals surface area contributed by atoms with Gasteiger partial charge in [0.2, 0.25) is 5.91 Å². The van der Waals surface area contributed by atoms with Gasteiger partial charge in [0.15, 0.2) is 0 Å². The first-order valence-corrected chi connectivity index (χ1v) is 3.61. The molecule has 1 aliphatic carbocycles. The summed E-state index contributed by atoms with van der Waals surface area (Å²) in [5.74, 6) is -1.04. The van der Waals surface area contributed by atoms with Crippen LogP contribution in [0.5, 0.6) is 0 Å². The maximum atomic E-state index is 10.5. The van der Waals surface area contributed by atoms with E-state index in [0.717, 1.165) is 12.8 Å². The highest BCUT2D eigenvalue weighted by atomic mass is 16.4. The SMILES string of the molecule is CC(=O)N[C@H](C(=O)O)C1CC1. The van der Waals surface area contributed by atoms with Crippen LogP contribution in [0.3, 0.4) is 0 Å². The molecule has 0 bridgehead atoms. The first kappa shape index (κ1) is 8.04. The van der Waals surface area contributed by atoms with Crippen LogP contribution in [0.15, 0.2) is 0 Å². The van der Waals surface area contributed by atoms with Crippen molar-refractivity contribution in [2.24, 2.45) is 5.92 Å². The molecule has 4 heteroatoms. The van der Waals surface area contributed by atoms with Gasteiger partial charge in [-0.25, -0.2) is 4.79 Å². The van der Waals surface area contributed by atoms with Crippen molar-refractivity contribution in [3.05, 3.63) is 0 Å². The van der Waals surface area contributed by atoms with Gasteiger partial charge in [-0.1, -0.05) is 0 Å². The molecule has 0 spiro atoms. The number of carbonyl (C=O) groups is 2. The van der Waals surface area contributed by atoms with Crippen LogP contribution in [0, 0.1) is 5.92 Å². The Morgan fingerprint density at radius 2 is 2.09 bits per heavy atom. The molecule has 1 saturated carbocycles. The van der Waals surface area contributed by atoms with Crippen LogP contribution in [-0.4, -0.2) is 23.0 Å². The number of hydrogen-bond acceptors (Lipinski definition) is 2. The summed E-state index contributed by atoms with van der Waals surface area (Å²) < 4.78 is 0. The van der Waals surface area contributed by atoms with Crippen molar-refractivity contribution in [3.8, 4) is 0 Å². The number of carboxylic acid groups (broad SMARTS) is 1. The molecule has 0 radical (unpaired) electrons. The fourth-order valence-corrected chi connectivity index (χ4v) is 1.03. The first-order chi connectivity index (χ1) is 5.11. The number of rotatable bonds is 3. The minimum Gasteiger partial charge on any atom is -0.480 e. The summed E-state index contributed by atoms with van der Waals surface area (Å²) in [6, 6.07) is -0.660. The molecule has 11 heavy (non-hydrogen) atoms. The summed E-state index contributed by atoms with van der Waals surface area (Å²) in [5, 5.41) is 11.0. The minimum atomic E-state index is -0.928. The van der Waals surface area contributed by atoms with E-state index >= 15 is 0 Å². The highest BCUT2D eigenvalue weighted by Crippen LogP contribution is 2.32. The molecule has 0 aromatic carbocycles. The first-order valence-electron chi connectivity index (χ1n) is 3.61. The van der Waals surface area contributed by atoms with Crippen LogP contribution in [0.25, 0.3) is 0 Å². The van der Waals surface area contributed by atoms with Crippen LogP contribution in [-0.2, 0) is 9.59 Å². The van der Waals surface area contributed by atoms with E-state index < -0.39 is 12.0 Å². The van der Waals surface area contributed by atoms with E-state index in [-0.39, 0.29) is 11.8 Å². The summed E-state index contributed by atoms with van der Waals surface area (Å²) in [6.45, 7) is 1.33. The third-order valence-electron chi connectivity index (χ3n) is 1.72. The summed E-state index contributed by atoms with van der Waals surface area (Å²) in [5.41, 5.74) is 0. The second-order valence-corrected chi connectivity index (χ2v) is 2.85. The van der Waals surface area contributed by atoms with Crippen molar-refractivity contribution in [2.75, 3.05) is 0 Å². The predicted octanol–water partition coefficient (Wildman–Crippen LogP) is -0.0143. The van der Waals surface area contributed by atoms with Gasteiger partial charge in [0.25, 0.3) is 0 Å². The highest BCUT2D eigenvalue weighted by Gasteiger charge is 2.36. The number of aliphatic carboxylic acids is 1. The zero-order valence-electron chi connectivity index (χ0n) is 6.33. The molecule has 2 N–H and O–H groups in total. The van der Waals surface area contributed by atoms with E-state index in [1.165, 1.54) is 6.92 Å². The summed E-state index contributed by atoms with van der Waals surface area (Å²) in [6.07, 6.45) is 1.83. The van der Waals surface area contributed by atoms with Gasteiger partial charge in [0.05, 0.1) is 0 Å². The molecule has 0 saturated heterocycles. The normalized spacial score (nSPS) is 19.0. The second-order valence-electron chi connectivity index (χ2n) is 2.85. The Kier molecular flexibility index (Phi) is 2.12.